The van der Waals surface area contributed by atoms with Crippen molar-refractivity contribution in [1.29, 1.82) is 0 Å². The van der Waals surface area contributed by atoms with Gasteiger partial charge in [0.1, 0.15) is 0 Å². The summed E-state index contributed by atoms with van der Waals surface area (Å²) in [4.78, 5) is 13.1. The van der Waals surface area contributed by atoms with Crippen LogP contribution in [0.3, 0.4) is 0 Å². The van der Waals surface area contributed by atoms with Gasteiger partial charge in [-0.15, -0.1) is 0 Å². The second kappa shape index (κ2) is 4.25. The molecule has 4 nitrogen and oxygen atoms in total. The van der Waals surface area contributed by atoms with Gasteiger partial charge in [-0.25, -0.2) is 4.79 Å². The van der Waals surface area contributed by atoms with Crippen LogP contribution in [0.1, 0.15) is 19.8 Å². The molecule has 1 atom stereocenters. The summed E-state index contributed by atoms with van der Waals surface area (Å²) in [6.07, 6.45) is -0.438. The van der Waals surface area contributed by atoms with Crippen molar-refractivity contribution < 1.29 is 24.5 Å². The molecule has 0 aromatic carbocycles. The molecule has 5 heteroatoms. The standard InChI is InChI=1S/C6H11FO4/c1-6(10,2-3-8)4-5(9)11-7/h8,10H,2-4H2,1H3. The Morgan fingerprint density at radius 3 is 2.64 bits per heavy atom. The predicted molar refractivity (Wildman–Crippen MR) is 34.1 cm³/mol. The molecule has 0 spiro atoms. The van der Waals surface area contributed by atoms with Crippen LogP contribution in [0, 0.1) is 0 Å². The predicted octanol–water partition coefficient (Wildman–Crippen LogP) is -0.0624. The van der Waals surface area contributed by atoms with Gasteiger partial charge in [0.05, 0.1) is 12.0 Å². The van der Waals surface area contributed by atoms with Crippen molar-refractivity contribution in [3.05, 3.63) is 0 Å². The van der Waals surface area contributed by atoms with Crippen molar-refractivity contribution in [2.24, 2.45) is 0 Å². The molecular formula is C6H11FO4. The highest BCUT2D eigenvalue weighted by Crippen LogP contribution is 2.14. The van der Waals surface area contributed by atoms with E-state index >= 15 is 0 Å². The molecule has 0 radical (unpaired) electrons. The minimum absolute atomic E-state index is 0.0160. The molecule has 0 aliphatic heterocycles. The maximum Gasteiger partial charge on any atom is 0.351 e. The number of hydrogen-bond donors (Lipinski definition) is 2. The fourth-order valence-corrected chi connectivity index (χ4v) is 0.667. The highest BCUT2D eigenvalue weighted by molar-refractivity contribution is 5.69. The number of carbonyl (C=O) groups is 1. The Hall–Kier alpha value is -0.680. The van der Waals surface area contributed by atoms with E-state index in [0.29, 0.717) is 0 Å². The van der Waals surface area contributed by atoms with Crippen LogP contribution in [0.25, 0.3) is 0 Å². The Balaban J connectivity index is 3.80. The van der Waals surface area contributed by atoms with Crippen molar-refractivity contribution in [3.8, 4) is 0 Å². The van der Waals surface area contributed by atoms with Crippen LogP contribution < -0.4 is 0 Å². The topological polar surface area (TPSA) is 66.8 Å². The van der Waals surface area contributed by atoms with Gasteiger partial charge in [-0.1, -0.05) is 0 Å². The van der Waals surface area contributed by atoms with E-state index in [9.17, 15) is 14.4 Å². The van der Waals surface area contributed by atoms with Gasteiger partial charge in [-0.3, -0.25) is 4.94 Å². The van der Waals surface area contributed by atoms with Crippen LogP contribution in [-0.2, 0) is 9.74 Å². The summed E-state index contributed by atoms with van der Waals surface area (Å²) >= 11 is 0. The van der Waals surface area contributed by atoms with E-state index in [2.05, 4.69) is 4.94 Å². The molecule has 0 fully saturated rings. The summed E-state index contributed by atoms with van der Waals surface area (Å²) in [7, 11) is 0. The molecular weight excluding hydrogens is 155 g/mol. The second-order valence-corrected chi connectivity index (χ2v) is 2.60. The fraction of sp³-hybridized carbons (Fsp3) is 0.833. The molecule has 0 rings (SSSR count). The van der Waals surface area contributed by atoms with Crippen molar-refractivity contribution in [2.75, 3.05) is 6.61 Å². The number of carbonyl (C=O) groups excluding carboxylic acids is 1. The number of hydrogen-bond acceptors (Lipinski definition) is 4. The maximum absolute atomic E-state index is 11.1. The molecule has 0 aliphatic rings. The first-order chi connectivity index (χ1) is 5.02. The Kier molecular flexibility index (Phi) is 3.99. The van der Waals surface area contributed by atoms with E-state index in [1.807, 2.05) is 0 Å². The smallest absolute Gasteiger partial charge is 0.351 e. The quantitative estimate of drug-likeness (QED) is 0.613. The minimum Gasteiger partial charge on any atom is -0.396 e. The SMILES string of the molecule is CC(O)(CCO)CC(=O)OF. The van der Waals surface area contributed by atoms with Crippen LogP contribution in [0.5, 0.6) is 0 Å². The lowest BCUT2D eigenvalue weighted by Crippen LogP contribution is -2.29. The third-order valence-corrected chi connectivity index (χ3v) is 1.26. The largest absolute Gasteiger partial charge is 0.396 e. The fourth-order valence-electron chi connectivity index (χ4n) is 0.667. The van der Waals surface area contributed by atoms with E-state index in [-0.39, 0.29) is 13.0 Å². The van der Waals surface area contributed by atoms with Gasteiger partial charge < -0.3 is 10.2 Å². The summed E-state index contributed by atoms with van der Waals surface area (Å²) in [6, 6.07) is 0. The molecule has 0 aromatic heterocycles. The second-order valence-electron chi connectivity index (χ2n) is 2.60. The molecule has 0 saturated carbocycles. The van der Waals surface area contributed by atoms with Gasteiger partial charge in [0.15, 0.2) is 0 Å². The van der Waals surface area contributed by atoms with Crippen molar-refractivity contribution in [3.63, 3.8) is 0 Å². The third kappa shape index (κ3) is 4.69. The molecule has 0 heterocycles. The lowest BCUT2D eigenvalue weighted by molar-refractivity contribution is -0.188. The van der Waals surface area contributed by atoms with E-state index in [0.717, 1.165) is 0 Å². The number of rotatable bonds is 4. The van der Waals surface area contributed by atoms with Crippen LogP contribution in [0.4, 0.5) is 4.53 Å². The summed E-state index contributed by atoms with van der Waals surface area (Å²) in [5.74, 6) is -1.14. The zero-order valence-corrected chi connectivity index (χ0v) is 6.21. The molecule has 0 saturated heterocycles. The molecule has 0 aliphatic carbocycles. The highest BCUT2D eigenvalue weighted by atomic mass is 19.3. The Labute approximate surface area is 63.5 Å². The monoisotopic (exact) mass is 166 g/mol. The molecule has 0 aromatic rings. The van der Waals surface area contributed by atoms with Crippen molar-refractivity contribution in [1.82, 2.24) is 0 Å². The van der Waals surface area contributed by atoms with Crippen LogP contribution >= 0.6 is 0 Å². The molecule has 66 valence electrons. The van der Waals surface area contributed by atoms with Gasteiger partial charge in [0, 0.05) is 11.1 Å². The normalized spacial score (nSPS) is 15.6. The van der Waals surface area contributed by atoms with Gasteiger partial charge >= 0.3 is 5.97 Å². The van der Waals surface area contributed by atoms with E-state index in [1.54, 1.807) is 0 Å². The first-order valence-electron chi connectivity index (χ1n) is 3.16. The van der Waals surface area contributed by atoms with Crippen LogP contribution in [0.15, 0.2) is 0 Å². The van der Waals surface area contributed by atoms with Crippen molar-refractivity contribution >= 4 is 5.97 Å². The first-order valence-corrected chi connectivity index (χ1v) is 3.16. The summed E-state index contributed by atoms with van der Waals surface area (Å²) in [5.41, 5.74) is -1.39. The average Bonchev–Trinajstić information content (AvgIpc) is 1.86. The molecule has 2 N–H and O–H groups in total. The highest BCUT2D eigenvalue weighted by Gasteiger charge is 2.24. The number of aliphatic hydroxyl groups is 2. The molecule has 1 unspecified atom stereocenters. The molecule has 0 bridgehead atoms. The average molecular weight is 166 g/mol. The van der Waals surface area contributed by atoms with Gasteiger partial charge in [0.2, 0.25) is 0 Å². The van der Waals surface area contributed by atoms with Crippen LogP contribution in [0.2, 0.25) is 0 Å². The molecule has 11 heavy (non-hydrogen) atoms. The third-order valence-electron chi connectivity index (χ3n) is 1.26. The van der Waals surface area contributed by atoms with E-state index in [4.69, 9.17) is 5.11 Å². The number of aliphatic hydroxyl groups excluding tert-OH is 1. The zero-order chi connectivity index (χ0) is 8.91. The minimum atomic E-state index is -1.39. The lowest BCUT2D eigenvalue weighted by atomic mass is 9.99. The Bertz CT molecular complexity index is 135. The van der Waals surface area contributed by atoms with E-state index < -0.39 is 18.0 Å². The Morgan fingerprint density at radius 1 is 1.73 bits per heavy atom. The molecule has 0 amide bonds. The first kappa shape index (κ1) is 10.3. The van der Waals surface area contributed by atoms with Crippen LogP contribution in [-0.4, -0.2) is 28.4 Å². The summed E-state index contributed by atoms with van der Waals surface area (Å²) < 4.78 is 11.1. The van der Waals surface area contributed by atoms with Crippen molar-refractivity contribution in [2.45, 2.75) is 25.4 Å². The van der Waals surface area contributed by atoms with E-state index in [1.165, 1.54) is 6.92 Å². The van der Waals surface area contributed by atoms with Gasteiger partial charge in [-0.05, 0) is 13.3 Å². The van der Waals surface area contributed by atoms with Gasteiger partial charge in [0.25, 0.3) is 0 Å². The number of halogens is 1. The lowest BCUT2D eigenvalue weighted by Gasteiger charge is -2.18. The maximum atomic E-state index is 11.1. The van der Waals surface area contributed by atoms with Gasteiger partial charge in [-0.2, -0.15) is 0 Å². The zero-order valence-electron chi connectivity index (χ0n) is 6.21. The summed E-state index contributed by atoms with van der Waals surface area (Å²) in [6.45, 7) is 1.06. The Morgan fingerprint density at radius 2 is 2.27 bits per heavy atom. The summed E-state index contributed by atoms with van der Waals surface area (Å²) in [5, 5.41) is 17.6.